The van der Waals surface area contributed by atoms with Crippen LogP contribution in [-0.2, 0) is 11.3 Å². The number of hydrogen-bond acceptors (Lipinski definition) is 6. The third-order valence-corrected chi connectivity index (χ3v) is 4.93. The van der Waals surface area contributed by atoms with Crippen LogP contribution in [0.15, 0.2) is 18.2 Å². The number of nitrogens with one attached hydrogen (secondary N) is 1. The topological polar surface area (TPSA) is 128 Å². The molecule has 9 heteroatoms. The van der Waals surface area contributed by atoms with Gasteiger partial charge in [-0.1, -0.05) is 12.5 Å². The van der Waals surface area contributed by atoms with Crippen molar-refractivity contribution in [1.82, 2.24) is 10.2 Å². The highest BCUT2D eigenvalue weighted by Crippen LogP contribution is 2.27. The van der Waals surface area contributed by atoms with Gasteiger partial charge in [0, 0.05) is 35.8 Å². The first-order valence-electron chi connectivity index (χ1n) is 9.78. The summed E-state index contributed by atoms with van der Waals surface area (Å²) in [5.74, 6) is -0.703. The fourth-order valence-electron chi connectivity index (χ4n) is 3.61. The third-order valence-electron chi connectivity index (χ3n) is 4.93. The fourth-order valence-corrected chi connectivity index (χ4v) is 3.61. The number of primary amides is 1. The van der Waals surface area contributed by atoms with Gasteiger partial charge in [0.1, 0.15) is 5.60 Å². The molecule has 0 saturated carbocycles. The summed E-state index contributed by atoms with van der Waals surface area (Å²) >= 11 is 0. The third kappa shape index (κ3) is 6.42. The van der Waals surface area contributed by atoms with E-state index in [1.165, 1.54) is 12.1 Å². The Hall–Kier alpha value is -2.68. The Bertz CT molecular complexity index is 775. The van der Waals surface area contributed by atoms with Gasteiger partial charge in [0.2, 0.25) is 5.91 Å². The van der Waals surface area contributed by atoms with Crippen LogP contribution in [0.2, 0.25) is 0 Å². The number of ether oxygens (including phenoxy) is 1. The Balaban J connectivity index is 2.16. The lowest BCUT2D eigenvalue weighted by atomic mass is 9.95. The summed E-state index contributed by atoms with van der Waals surface area (Å²) in [4.78, 5) is 36.6. The zero-order valence-electron chi connectivity index (χ0n) is 17.4. The van der Waals surface area contributed by atoms with Crippen molar-refractivity contribution < 1.29 is 19.2 Å². The van der Waals surface area contributed by atoms with Crippen LogP contribution in [0.5, 0.6) is 0 Å². The predicted molar refractivity (Wildman–Crippen MR) is 108 cm³/mol. The molecule has 1 heterocycles. The van der Waals surface area contributed by atoms with Crippen molar-refractivity contribution in [2.45, 2.75) is 71.2 Å². The second-order valence-electron chi connectivity index (χ2n) is 8.43. The van der Waals surface area contributed by atoms with Crippen molar-refractivity contribution in [3.05, 3.63) is 39.4 Å². The minimum Gasteiger partial charge on any atom is -0.444 e. The van der Waals surface area contributed by atoms with Crippen LogP contribution in [0.4, 0.5) is 10.5 Å². The Morgan fingerprint density at radius 2 is 2.07 bits per heavy atom. The molecule has 160 valence electrons. The number of likely N-dealkylation sites (tertiary alicyclic amines) is 1. The van der Waals surface area contributed by atoms with Crippen molar-refractivity contribution in [1.29, 1.82) is 0 Å². The molecule has 9 nitrogen and oxygen atoms in total. The van der Waals surface area contributed by atoms with Crippen LogP contribution >= 0.6 is 0 Å². The molecule has 0 radical (unpaired) electrons. The quantitative estimate of drug-likeness (QED) is 0.552. The molecule has 0 bridgehead atoms. The van der Waals surface area contributed by atoms with Gasteiger partial charge in [-0.05, 0) is 53.1 Å². The molecule has 29 heavy (non-hydrogen) atoms. The standard InChI is InChI=1S/C20H30N4O5/c1-13(22-19(26)29-20(2,3)4)16-7-5-6-10-23(16)12-15-9-8-14(18(21)25)11-17(15)24(27)28/h8-9,11,13,16H,5-7,10,12H2,1-4H3,(H2,21,25)(H,22,26)/t13-,16+/m1/s1. The van der Waals surface area contributed by atoms with Crippen LogP contribution in [0.3, 0.4) is 0 Å². The number of nitrogens with zero attached hydrogens (tertiary/aromatic N) is 2. The predicted octanol–water partition coefficient (Wildman–Crippen LogP) is 2.96. The van der Waals surface area contributed by atoms with Crippen molar-refractivity contribution in [2.75, 3.05) is 6.54 Å². The molecular weight excluding hydrogens is 376 g/mol. The average molecular weight is 406 g/mol. The summed E-state index contributed by atoms with van der Waals surface area (Å²) in [5.41, 5.74) is 5.15. The maximum absolute atomic E-state index is 12.1. The number of alkyl carbamates (subject to hydrolysis) is 1. The van der Waals surface area contributed by atoms with E-state index in [1.54, 1.807) is 26.8 Å². The van der Waals surface area contributed by atoms with E-state index in [0.717, 1.165) is 25.8 Å². The molecule has 1 aliphatic heterocycles. The van der Waals surface area contributed by atoms with Crippen LogP contribution in [-0.4, -0.2) is 46.1 Å². The Kier molecular flexibility index (Phi) is 7.18. The molecule has 2 atom stereocenters. The van der Waals surface area contributed by atoms with Gasteiger partial charge in [0.05, 0.1) is 4.92 Å². The molecule has 0 aliphatic carbocycles. The van der Waals surface area contributed by atoms with Crippen molar-refractivity contribution >= 4 is 17.7 Å². The van der Waals surface area contributed by atoms with Gasteiger partial charge in [-0.25, -0.2) is 4.79 Å². The number of nitro benzene ring substituents is 1. The number of piperidine rings is 1. The highest BCUT2D eigenvalue weighted by molar-refractivity contribution is 5.93. The monoisotopic (exact) mass is 406 g/mol. The van der Waals surface area contributed by atoms with E-state index in [4.69, 9.17) is 10.5 Å². The second-order valence-corrected chi connectivity index (χ2v) is 8.43. The van der Waals surface area contributed by atoms with E-state index >= 15 is 0 Å². The SMILES string of the molecule is C[C@@H](NC(=O)OC(C)(C)C)[C@@H]1CCCCN1Cc1ccc(C(N)=O)cc1[N+](=O)[O-]. The normalized spacial score (nSPS) is 18.7. The van der Waals surface area contributed by atoms with Gasteiger partial charge in [0.25, 0.3) is 5.69 Å². The number of hydrogen-bond donors (Lipinski definition) is 2. The number of carbonyl (C=O) groups is 2. The molecule has 1 aromatic carbocycles. The summed E-state index contributed by atoms with van der Waals surface area (Å²) in [5, 5.41) is 14.4. The largest absolute Gasteiger partial charge is 0.444 e. The molecule has 0 aromatic heterocycles. The van der Waals surface area contributed by atoms with E-state index in [1.807, 2.05) is 6.92 Å². The Morgan fingerprint density at radius 3 is 2.66 bits per heavy atom. The first-order valence-corrected chi connectivity index (χ1v) is 9.78. The van der Waals surface area contributed by atoms with Gasteiger partial charge in [0.15, 0.2) is 0 Å². The second kappa shape index (κ2) is 9.21. The molecule has 2 amide bonds. The van der Waals surface area contributed by atoms with Gasteiger partial charge in [-0.3, -0.25) is 19.8 Å². The molecule has 1 saturated heterocycles. The minimum atomic E-state index is -0.703. The zero-order chi connectivity index (χ0) is 21.8. The summed E-state index contributed by atoms with van der Waals surface area (Å²) < 4.78 is 5.34. The number of rotatable bonds is 6. The summed E-state index contributed by atoms with van der Waals surface area (Å²) in [6, 6.07) is 4.14. The van der Waals surface area contributed by atoms with Crippen LogP contribution in [0.1, 0.15) is 62.9 Å². The van der Waals surface area contributed by atoms with Crippen LogP contribution in [0, 0.1) is 10.1 Å². The number of amides is 2. The number of carbonyl (C=O) groups excluding carboxylic acids is 2. The fraction of sp³-hybridized carbons (Fsp3) is 0.600. The molecule has 3 N–H and O–H groups in total. The Morgan fingerprint density at radius 1 is 1.38 bits per heavy atom. The summed E-state index contributed by atoms with van der Waals surface area (Å²) in [6.45, 7) is 8.44. The molecule has 1 fully saturated rings. The van der Waals surface area contributed by atoms with E-state index < -0.39 is 22.5 Å². The lowest BCUT2D eigenvalue weighted by Gasteiger charge is -2.39. The van der Waals surface area contributed by atoms with Crippen molar-refractivity contribution in [3.63, 3.8) is 0 Å². The summed E-state index contributed by atoms with van der Waals surface area (Å²) in [6.07, 6.45) is 2.38. The molecule has 2 rings (SSSR count). The average Bonchev–Trinajstić information content (AvgIpc) is 2.60. The van der Waals surface area contributed by atoms with Crippen LogP contribution < -0.4 is 11.1 Å². The molecule has 0 spiro atoms. The van der Waals surface area contributed by atoms with E-state index in [2.05, 4.69) is 10.2 Å². The smallest absolute Gasteiger partial charge is 0.407 e. The minimum absolute atomic E-state index is 0.0201. The highest BCUT2D eigenvalue weighted by Gasteiger charge is 2.31. The molecule has 1 aliphatic rings. The molecular formula is C20H30N4O5. The lowest BCUT2D eigenvalue weighted by Crippen LogP contribution is -2.52. The van der Waals surface area contributed by atoms with Gasteiger partial charge in [-0.15, -0.1) is 0 Å². The number of nitro groups is 1. The highest BCUT2D eigenvalue weighted by atomic mass is 16.6. The van der Waals surface area contributed by atoms with E-state index in [0.29, 0.717) is 12.1 Å². The maximum atomic E-state index is 12.1. The number of benzene rings is 1. The molecule has 0 unspecified atom stereocenters. The van der Waals surface area contributed by atoms with E-state index in [9.17, 15) is 19.7 Å². The van der Waals surface area contributed by atoms with E-state index in [-0.39, 0.29) is 23.3 Å². The lowest BCUT2D eigenvalue weighted by molar-refractivity contribution is -0.385. The summed E-state index contributed by atoms with van der Waals surface area (Å²) in [7, 11) is 0. The van der Waals surface area contributed by atoms with Gasteiger partial charge in [-0.2, -0.15) is 0 Å². The first-order chi connectivity index (χ1) is 13.5. The van der Waals surface area contributed by atoms with Crippen molar-refractivity contribution in [3.8, 4) is 0 Å². The van der Waals surface area contributed by atoms with Gasteiger partial charge < -0.3 is 15.8 Å². The molecule has 1 aromatic rings. The van der Waals surface area contributed by atoms with Crippen LogP contribution in [0.25, 0.3) is 0 Å². The first kappa shape index (κ1) is 22.6. The Labute approximate surface area is 170 Å². The zero-order valence-corrected chi connectivity index (χ0v) is 17.4. The number of nitrogens with two attached hydrogens (primary N) is 1. The van der Waals surface area contributed by atoms with Gasteiger partial charge >= 0.3 is 6.09 Å². The van der Waals surface area contributed by atoms with Crippen molar-refractivity contribution in [2.24, 2.45) is 5.73 Å². The maximum Gasteiger partial charge on any atom is 0.407 e.